The fourth-order valence-electron chi connectivity index (χ4n) is 4.99. The monoisotopic (exact) mass is 567 g/mol. The summed E-state index contributed by atoms with van der Waals surface area (Å²) in [7, 11) is 0. The van der Waals surface area contributed by atoms with E-state index < -0.39 is 47.2 Å². The van der Waals surface area contributed by atoms with Crippen molar-refractivity contribution in [1.82, 2.24) is 25.2 Å². The minimum absolute atomic E-state index is 0.0305. The Bertz CT molecular complexity index is 1890. The van der Waals surface area contributed by atoms with Gasteiger partial charge in [-0.3, -0.25) is 14.4 Å². The summed E-state index contributed by atoms with van der Waals surface area (Å²) in [5.41, 5.74) is 1.13. The fraction of sp³-hybridized carbons (Fsp3) is 0.194. The number of rotatable bonds is 10. The summed E-state index contributed by atoms with van der Waals surface area (Å²) in [5, 5.41) is 15.8. The van der Waals surface area contributed by atoms with Crippen molar-refractivity contribution in [3.8, 4) is 0 Å². The van der Waals surface area contributed by atoms with Gasteiger partial charge in [-0.15, -0.1) is 0 Å². The lowest BCUT2D eigenvalue weighted by molar-refractivity contribution is -0.142. The topological polar surface area (TPSA) is 166 Å². The van der Waals surface area contributed by atoms with Gasteiger partial charge >= 0.3 is 11.7 Å². The first kappa shape index (κ1) is 28.1. The Morgan fingerprint density at radius 2 is 1.45 bits per heavy atom. The number of aliphatic carboxylic acids is 1. The second-order valence-electron chi connectivity index (χ2n) is 10.0. The Hall–Kier alpha value is -5.45. The lowest BCUT2D eigenvalue weighted by atomic mass is 10.0. The number of amides is 2. The zero-order valence-corrected chi connectivity index (χ0v) is 22.7. The van der Waals surface area contributed by atoms with Crippen molar-refractivity contribution in [2.24, 2.45) is 0 Å². The van der Waals surface area contributed by atoms with Crippen molar-refractivity contribution in [1.29, 1.82) is 0 Å². The highest BCUT2D eigenvalue weighted by atomic mass is 16.4. The van der Waals surface area contributed by atoms with Gasteiger partial charge < -0.3 is 25.7 Å². The molecule has 0 spiro atoms. The number of benzene rings is 3. The predicted molar refractivity (Wildman–Crippen MR) is 157 cm³/mol. The number of carboxylic acid groups (broad SMARTS) is 1. The largest absolute Gasteiger partial charge is 0.480 e. The summed E-state index contributed by atoms with van der Waals surface area (Å²) in [6, 6.07) is 19.0. The van der Waals surface area contributed by atoms with Gasteiger partial charge in [-0.05, 0) is 36.2 Å². The second-order valence-corrected chi connectivity index (χ2v) is 10.0. The summed E-state index contributed by atoms with van der Waals surface area (Å²) >= 11 is 0. The molecule has 0 aliphatic rings. The number of nitrogens with one attached hydrogen (secondary N) is 4. The number of H-pyrrole nitrogens is 2. The highest BCUT2D eigenvalue weighted by Gasteiger charge is 2.30. The van der Waals surface area contributed by atoms with Crippen molar-refractivity contribution < 1.29 is 19.5 Å². The molecule has 11 heteroatoms. The minimum Gasteiger partial charge on any atom is -0.480 e. The van der Waals surface area contributed by atoms with Gasteiger partial charge in [0.25, 0.3) is 5.56 Å². The first-order valence-electron chi connectivity index (χ1n) is 13.4. The maximum Gasteiger partial charge on any atom is 0.329 e. The molecular formula is C31H29N5O6. The Morgan fingerprint density at radius 3 is 2.17 bits per heavy atom. The third-order valence-corrected chi connectivity index (χ3v) is 7.19. The predicted octanol–water partition coefficient (Wildman–Crippen LogP) is 2.27. The van der Waals surface area contributed by atoms with Crippen LogP contribution in [0, 0.1) is 0 Å². The molecule has 0 aliphatic heterocycles. The fourth-order valence-corrected chi connectivity index (χ4v) is 4.99. The molecule has 42 heavy (non-hydrogen) atoms. The Labute approximate surface area is 239 Å². The molecule has 214 valence electrons. The molecule has 0 fully saturated rings. The lowest BCUT2D eigenvalue weighted by Crippen LogP contribution is -2.53. The summed E-state index contributed by atoms with van der Waals surface area (Å²) in [6.45, 7) is 1.41. The molecule has 3 unspecified atom stereocenters. The number of hydrogen-bond acceptors (Lipinski definition) is 5. The van der Waals surface area contributed by atoms with Gasteiger partial charge in [0.05, 0.1) is 10.9 Å². The van der Waals surface area contributed by atoms with Crippen molar-refractivity contribution in [2.75, 3.05) is 0 Å². The molecule has 5 N–H and O–H groups in total. The molecule has 0 saturated carbocycles. The molecule has 0 bridgehead atoms. The van der Waals surface area contributed by atoms with E-state index in [1.165, 1.54) is 6.92 Å². The van der Waals surface area contributed by atoms with Crippen molar-refractivity contribution in [2.45, 2.75) is 37.9 Å². The molecule has 3 atom stereocenters. The third-order valence-electron chi connectivity index (χ3n) is 7.19. The third kappa shape index (κ3) is 5.85. The van der Waals surface area contributed by atoms with E-state index in [4.69, 9.17) is 0 Å². The summed E-state index contributed by atoms with van der Waals surface area (Å²) in [6.07, 6.45) is 1.73. The molecule has 5 rings (SSSR count). The molecule has 11 nitrogen and oxygen atoms in total. The van der Waals surface area contributed by atoms with Crippen molar-refractivity contribution >= 4 is 39.6 Å². The lowest BCUT2D eigenvalue weighted by Gasteiger charge is -2.23. The zero-order valence-electron chi connectivity index (χ0n) is 22.7. The van der Waals surface area contributed by atoms with Gasteiger partial charge in [-0.25, -0.2) is 14.2 Å². The SMILES string of the molecule is CC(NC(=O)C(Cc1c[nH]c2ccccc12)n1c(=O)[nH]c2ccccc2c1=O)C(=O)NC(Cc1ccccc1)C(=O)O. The summed E-state index contributed by atoms with van der Waals surface area (Å²) in [4.78, 5) is 71.1. The van der Waals surface area contributed by atoms with E-state index in [0.717, 1.165) is 21.0 Å². The molecule has 0 aliphatic carbocycles. The molecule has 3 aromatic carbocycles. The zero-order chi connectivity index (χ0) is 29.8. The average molecular weight is 568 g/mol. The van der Waals surface area contributed by atoms with E-state index in [1.807, 2.05) is 24.3 Å². The maximum absolute atomic E-state index is 13.7. The van der Waals surface area contributed by atoms with E-state index in [1.54, 1.807) is 60.8 Å². The van der Waals surface area contributed by atoms with E-state index in [0.29, 0.717) is 11.1 Å². The van der Waals surface area contributed by atoms with Crippen LogP contribution >= 0.6 is 0 Å². The quantitative estimate of drug-likeness (QED) is 0.174. The minimum atomic E-state index is -1.32. The van der Waals surface area contributed by atoms with Crippen molar-refractivity contribution in [3.63, 3.8) is 0 Å². The highest BCUT2D eigenvalue weighted by Crippen LogP contribution is 2.22. The van der Waals surface area contributed by atoms with Crippen LogP contribution < -0.4 is 21.9 Å². The first-order chi connectivity index (χ1) is 20.2. The number of aromatic amines is 2. The van der Waals surface area contributed by atoms with Crippen molar-refractivity contribution in [3.05, 3.63) is 117 Å². The number of aromatic nitrogens is 3. The van der Waals surface area contributed by atoms with Crippen LogP contribution in [0.4, 0.5) is 0 Å². The molecule has 2 heterocycles. The second kappa shape index (κ2) is 12.0. The maximum atomic E-state index is 13.7. The van der Waals surface area contributed by atoms with Gasteiger partial charge in [0.2, 0.25) is 11.8 Å². The van der Waals surface area contributed by atoms with Crippen LogP contribution in [0.3, 0.4) is 0 Å². The standard InChI is InChI=1S/C31H29N5O6/c1-18(27(37)34-25(30(40)41)15-19-9-3-2-4-10-19)33-28(38)26(16-20-17-32-23-13-7-5-11-21(20)23)36-29(39)22-12-6-8-14-24(22)35-31(36)42/h2-14,17-18,25-26,32H,15-16H2,1H3,(H,33,38)(H,34,37)(H,35,42)(H,40,41). The van der Waals surface area contributed by atoms with E-state index in [9.17, 15) is 29.1 Å². The Morgan fingerprint density at radius 1 is 0.810 bits per heavy atom. The van der Waals surface area contributed by atoms with Crippen LogP contribution in [-0.4, -0.2) is 49.5 Å². The highest BCUT2D eigenvalue weighted by molar-refractivity contribution is 5.92. The van der Waals surface area contributed by atoms with E-state index in [-0.39, 0.29) is 18.2 Å². The Balaban J connectivity index is 1.44. The number of carboxylic acids is 1. The number of fused-ring (bicyclic) bond motifs is 2. The van der Waals surface area contributed by atoms with Gasteiger partial charge in [0.1, 0.15) is 18.1 Å². The number of hydrogen-bond donors (Lipinski definition) is 5. The normalized spacial score (nSPS) is 13.4. The van der Waals surface area contributed by atoms with E-state index in [2.05, 4.69) is 20.6 Å². The average Bonchev–Trinajstić information content (AvgIpc) is 3.39. The first-order valence-corrected chi connectivity index (χ1v) is 13.4. The van der Waals surface area contributed by atoms with Gasteiger partial charge in [-0.1, -0.05) is 60.7 Å². The molecular weight excluding hydrogens is 538 g/mol. The van der Waals surface area contributed by atoms with Crippen LogP contribution in [0.2, 0.25) is 0 Å². The number of para-hydroxylation sites is 2. The summed E-state index contributed by atoms with van der Waals surface area (Å²) in [5.74, 6) is -2.70. The molecule has 5 aromatic rings. The summed E-state index contributed by atoms with van der Waals surface area (Å²) < 4.78 is 0.861. The van der Waals surface area contributed by atoms with Gasteiger partial charge in [0.15, 0.2) is 0 Å². The Kier molecular flexibility index (Phi) is 8.00. The van der Waals surface area contributed by atoms with Gasteiger partial charge in [-0.2, -0.15) is 0 Å². The van der Waals surface area contributed by atoms with Crippen LogP contribution in [0.5, 0.6) is 0 Å². The molecule has 2 aromatic heterocycles. The molecule has 2 amide bonds. The van der Waals surface area contributed by atoms with Crippen LogP contribution in [-0.2, 0) is 27.2 Å². The number of carbonyl (C=O) groups is 3. The number of nitrogens with zero attached hydrogens (tertiary/aromatic N) is 1. The van der Waals surface area contributed by atoms with E-state index >= 15 is 0 Å². The molecule has 0 radical (unpaired) electrons. The van der Waals surface area contributed by atoms with Crippen LogP contribution in [0.1, 0.15) is 24.1 Å². The number of carbonyl (C=O) groups excluding carboxylic acids is 2. The molecule has 0 saturated heterocycles. The van der Waals surface area contributed by atoms with Gasteiger partial charge in [0, 0.05) is 29.9 Å². The van der Waals surface area contributed by atoms with Crippen LogP contribution in [0.25, 0.3) is 21.8 Å². The smallest absolute Gasteiger partial charge is 0.329 e. The van der Waals surface area contributed by atoms with Crippen LogP contribution in [0.15, 0.2) is 94.6 Å².